The minimum Gasteiger partial charge on any atom is -0.385 e. The van der Waals surface area contributed by atoms with E-state index in [-0.39, 0.29) is 5.41 Å². The van der Waals surface area contributed by atoms with Crippen molar-refractivity contribution in [1.82, 2.24) is 4.90 Å². The standard InChI is InChI=1S/C15H26N2/c1-15(2,3)13-9-6-7-10-14(13)16-11-8-12-17(4)5/h6-7,9-10,16H,8,11-12H2,1-5H3. The number of hydrogen-bond acceptors (Lipinski definition) is 2. The van der Waals surface area contributed by atoms with Gasteiger partial charge in [0, 0.05) is 12.2 Å². The number of nitrogens with zero attached hydrogens (tertiary/aromatic N) is 1. The molecular formula is C15H26N2. The molecular weight excluding hydrogens is 208 g/mol. The van der Waals surface area contributed by atoms with Gasteiger partial charge in [-0.15, -0.1) is 0 Å². The van der Waals surface area contributed by atoms with Crippen LogP contribution in [0.3, 0.4) is 0 Å². The van der Waals surface area contributed by atoms with Crippen molar-refractivity contribution in [2.75, 3.05) is 32.5 Å². The first kappa shape index (κ1) is 14.0. The second-order valence-corrected chi connectivity index (χ2v) is 5.88. The van der Waals surface area contributed by atoms with Gasteiger partial charge in [0.25, 0.3) is 0 Å². The van der Waals surface area contributed by atoms with Crippen molar-refractivity contribution >= 4 is 5.69 Å². The van der Waals surface area contributed by atoms with E-state index in [9.17, 15) is 0 Å². The Hall–Kier alpha value is -1.02. The van der Waals surface area contributed by atoms with Crippen LogP contribution in [-0.2, 0) is 5.41 Å². The zero-order chi connectivity index (χ0) is 12.9. The van der Waals surface area contributed by atoms with Crippen LogP contribution in [0.15, 0.2) is 24.3 Å². The molecule has 17 heavy (non-hydrogen) atoms. The Labute approximate surface area is 106 Å². The highest BCUT2D eigenvalue weighted by Gasteiger charge is 2.16. The largest absolute Gasteiger partial charge is 0.385 e. The number of rotatable bonds is 5. The van der Waals surface area contributed by atoms with E-state index in [0.29, 0.717) is 0 Å². The van der Waals surface area contributed by atoms with Gasteiger partial charge in [-0.3, -0.25) is 0 Å². The maximum Gasteiger partial charge on any atom is 0.0378 e. The Morgan fingerprint density at radius 2 is 1.76 bits per heavy atom. The lowest BCUT2D eigenvalue weighted by Crippen LogP contribution is -2.18. The fourth-order valence-corrected chi connectivity index (χ4v) is 1.91. The van der Waals surface area contributed by atoms with Crippen LogP contribution in [0.5, 0.6) is 0 Å². The van der Waals surface area contributed by atoms with Crippen LogP contribution in [-0.4, -0.2) is 32.1 Å². The highest BCUT2D eigenvalue weighted by Crippen LogP contribution is 2.28. The molecule has 0 aliphatic carbocycles. The first-order chi connectivity index (χ1) is 7.91. The molecule has 0 bridgehead atoms. The lowest BCUT2D eigenvalue weighted by Gasteiger charge is -2.23. The fourth-order valence-electron chi connectivity index (χ4n) is 1.91. The molecule has 0 radical (unpaired) electrons. The van der Waals surface area contributed by atoms with Gasteiger partial charge in [-0.25, -0.2) is 0 Å². The van der Waals surface area contributed by atoms with Gasteiger partial charge >= 0.3 is 0 Å². The molecule has 0 fully saturated rings. The van der Waals surface area contributed by atoms with Crippen molar-refractivity contribution in [3.63, 3.8) is 0 Å². The Balaban J connectivity index is 2.59. The van der Waals surface area contributed by atoms with Crippen LogP contribution in [0.2, 0.25) is 0 Å². The van der Waals surface area contributed by atoms with E-state index >= 15 is 0 Å². The molecule has 2 heteroatoms. The van der Waals surface area contributed by atoms with Crippen LogP contribution in [0.4, 0.5) is 5.69 Å². The Morgan fingerprint density at radius 3 is 2.35 bits per heavy atom. The molecule has 0 atom stereocenters. The molecule has 0 aliphatic heterocycles. The number of hydrogen-bond donors (Lipinski definition) is 1. The number of nitrogens with one attached hydrogen (secondary N) is 1. The molecule has 1 N–H and O–H groups in total. The van der Waals surface area contributed by atoms with Crippen LogP contribution in [0.25, 0.3) is 0 Å². The minimum absolute atomic E-state index is 0.200. The Morgan fingerprint density at radius 1 is 1.12 bits per heavy atom. The predicted molar refractivity (Wildman–Crippen MR) is 76.8 cm³/mol. The summed E-state index contributed by atoms with van der Waals surface area (Å²) < 4.78 is 0. The van der Waals surface area contributed by atoms with Crippen molar-refractivity contribution in [2.45, 2.75) is 32.6 Å². The van der Waals surface area contributed by atoms with Gasteiger partial charge in [-0.1, -0.05) is 39.0 Å². The molecule has 0 spiro atoms. The Bertz CT molecular complexity index is 337. The first-order valence-electron chi connectivity index (χ1n) is 6.39. The number of anilines is 1. The van der Waals surface area contributed by atoms with E-state index in [1.54, 1.807) is 0 Å². The number of para-hydroxylation sites is 1. The van der Waals surface area contributed by atoms with Crippen LogP contribution < -0.4 is 5.32 Å². The molecule has 2 nitrogen and oxygen atoms in total. The van der Waals surface area contributed by atoms with Crippen molar-refractivity contribution in [3.05, 3.63) is 29.8 Å². The molecule has 0 saturated heterocycles. The Kier molecular flexibility index (Phi) is 5.01. The average molecular weight is 234 g/mol. The topological polar surface area (TPSA) is 15.3 Å². The highest BCUT2D eigenvalue weighted by molar-refractivity contribution is 5.54. The normalized spacial score (nSPS) is 11.9. The zero-order valence-corrected chi connectivity index (χ0v) is 11.9. The first-order valence-corrected chi connectivity index (χ1v) is 6.39. The van der Waals surface area contributed by atoms with Crippen molar-refractivity contribution in [3.8, 4) is 0 Å². The van der Waals surface area contributed by atoms with Gasteiger partial charge in [0.15, 0.2) is 0 Å². The molecule has 96 valence electrons. The lowest BCUT2D eigenvalue weighted by atomic mass is 9.86. The van der Waals surface area contributed by atoms with Gasteiger partial charge in [0.05, 0.1) is 0 Å². The van der Waals surface area contributed by atoms with E-state index in [4.69, 9.17) is 0 Å². The van der Waals surface area contributed by atoms with Crippen LogP contribution in [0.1, 0.15) is 32.8 Å². The maximum absolute atomic E-state index is 3.55. The predicted octanol–water partition coefficient (Wildman–Crippen LogP) is 3.35. The summed E-state index contributed by atoms with van der Waals surface area (Å²) >= 11 is 0. The molecule has 0 aromatic heterocycles. The maximum atomic E-state index is 3.55. The second-order valence-electron chi connectivity index (χ2n) is 5.88. The second kappa shape index (κ2) is 6.06. The lowest BCUT2D eigenvalue weighted by molar-refractivity contribution is 0.405. The van der Waals surface area contributed by atoms with Crippen molar-refractivity contribution in [2.24, 2.45) is 0 Å². The molecule has 0 unspecified atom stereocenters. The minimum atomic E-state index is 0.200. The van der Waals surface area contributed by atoms with Gasteiger partial charge < -0.3 is 10.2 Å². The molecule has 1 aromatic rings. The van der Waals surface area contributed by atoms with Crippen LogP contribution >= 0.6 is 0 Å². The monoisotopic (exact) mass is 234 g/mol. The van der Waals surface area contributed by atoms with E-state index < -0.39 is 0 Å². The highest BCUT2D eigenvalue weighted by atomic mass is 15.1. The van der Waals surface area contributed by atoms with E-state index in [1.165, 1.54) is 17.7 Å². The number of benzene rings is 1. The van der Waals surface area contributed by atoms with Crippen LogP contribution in [0, 0.1) is 0 Å². The summed E-state index contributed by atoms with van der Waals surface area (Å²) in [6.07, 6.45) is 1.17. The van der Waals surface area contributed by atoms with E-state index in [1.807, 2.05) is 0 Å². The molecule has 0 heterocycles. The smallest absolute Gasteiger partial charge is 0.0378 e. The summed E-state index contributed by atoms with van der Waals surface area (Å²) in [6.45, 7) is 8.93. The van der Waals surface area contributed by atoms with E-state index in [0.717, 1.165) is 13.1 Å². The van der Waals surface area contributed by atoms with Gasteiger partial charge in [-0.05, 0) is 44.1 Å². The molecule has 0 amide bonds. The summed E-state index contributed by atoms with van der Waals surface area (Å²) in [7, 11) is 4.23. The van der Waals surface area contributed by atoms with Crippen molar-refractivity contribution < 1.29 is 0 Å². The third-order valence-electron chi connectivity index (χ3n) is 2.83. The zero-order valence-electron chi connectivity index (χ0n) is 11.9. The molecule has 0 saturated carbocycles. The summed E-state index contributed by atoms with van der Waals surface area (Å²) in [6, 6.07) is 8.61. The summed E-state index contributed by atoms with van der Waals surface area (Å²) in [5.41, 5.74) is 2.87. The third-order valence-corrected chi connectivity index (χ3v) is 2.83. The summed E-state index contributed by atoms with van der Waals surface area (Å²) in [4.78, 5) is 2.22. The molecule has 1 aromatic carbocycles. The van der Waals surface area contributed by atoms with Gasteiger partial charge in [0.1, 0.15) is 0 Å². The molecule has 1 rings (SSSR count). The van der Waals surface area contributed by atoms with Gasteiger partial charge in [-0.2, -0.15) is 0 Å². The average Bonchev–Trinajstić information content (AvgIpc) is 2.23. The summed E-state index contributed by atoms with van der Waals surface area (Å²) in [5.74, 6) is 0. The van der Waals surface area contributed by atoms with Crippen molar-refractivity contribution in [1.29, 1.82) is 0 Å². The third kappa shape index (κ3) is 4.78. The SMILES string of the molecule is CN(C)CCCNc1ccccc1C(C)(C)C. The molecule has 0 aliphatic rings. The van der Waals surface area contributed by atoms with E-state index in [2.05, 4.69) is 69.3 Å². The van der Waals surface area contributed by atoms with Gasteiger partial charge in [0.2, 0.25) is 0 Å². The fraction of sp³-hybridized carbons (Fsp3) is 0.600. The summed E-state index contributed by atoms with van der Waals surface area (Å²) in [5, 5.41) is 3.55. The quantitative estimate of drug-likeness (QED) is 0.786.